The van der Waals surface area contributed by atoms with E-state index in [0.29, 0.717) is 5.82 Å². The zero-order chi connectivity index (χ0) is 12.0. The maximum absolute atomic E-state index is 10.8. The van der Waals surface area contributed by atoms with Crippen LogP contribution in [0.1, 0.15) is 25.1 Å². The van der Waals surface area contributed by atoms with Crippen LogP contribution in [0.3, 0.4) is 0 Å². The summed E-state index contributed by atoms with van der Waals surface area (Å²) in [6.45, 7) is 0. The summed E-state index contributed by atoms with van der Waals surface area (Å²) >= 11 is 0. The second kappa shape index (κ2) is 3.56. The van der Waals surface area contributed by atoms with Gasteiger partial charge in [0.15, 0.2) is 0 Å². The average molecular weight is 236 g/mol. The summed E-state index contributed by atoms with van der Waals surface area (Å²) in [5.41, 5.74) is 4.81. The summed E-state index contributed by atoms with van der Waals surface area (Å²) in [6.07, 6.45) is 4.44. The van der Waals surface area contributed by atoms with Gasteiger partial charge in [0.25, 0.3) is 0 Å². The van der Waals surface area contributed by atoms with E-state index in [4.69, 9.17) is 4.84 Å². The molecule has 7 nitrogen and oxygen atoms in total. The van der Waals surface area contributed by atoms with Crippen LogP contribution in [-0.2, 0) is 11.9 Å². The summed E-state index contributed by atoms with van der Waals surface area (Å²) in [4.78, 5) is 19.8. The van der Waals surface area contributed by atoms with Crippen molar-refractivity contribution >= 4 is 11.5 Å². The number of nitrogens with zero attached hydrogens (tertiary/aromatic N) is 3. The summed E-state index contributed by atoms with van der Waals surface area (Å²) in [5.74, 6) is 0.549. The molecule has 1 saturated carbocycles. The molecule has 17 heavy (non-hydrogen) atoms. The van der Waals surface area contributed by atoms with Gasteiger partial charge >= 0.3 is 5.82 Å². The van der Waals surface area contributed by atoms with Gasteiger partial charge in [-0.25, -0.2) is 9.55 Å². The van der Waals surface area contributed by atoms with Gasteiger partial charge in [0, 0.05) is 0 Å². The summed E-state index contributed by atoms with van der Waals surface area (Å²) in [7, 11) is 1.64. The molecule has 1 unspecified atom stereocenters. The Morgan fingerprint density at radius 1 is 1.71 bits per heavy atom. The van der Waals surface area contributed by atoms with Crippen molar-refractivity contribution in [1.29, 1.82) is 0 Å². The summed E-state index contributed by atoms with van der Waals surface area (Å²) in [5, 5.41) is 10.8. The molecule has 1 aromatic rings. The minimum absolute atomic E-state index is 0.0173. The summed E-state index contributed by atoms with van der Waals surface area (Å²) in [6, 6.07) is 0. The highest BCUT2D eigenvalue weighted by molar-refractivity contribution is 5.65. The fraction of sp³-hybridized carbons (Fsp3) is 0.500. The lowest BCUT2D eigenvalue weighted by molar-refractivity contribution is -0.391. The molecular formula is C10H12N4O3. The maximum atomic E-state index is 10.8. The first-order chi connectivity index (χ1) is 8.18. The van der Waals surface area contributed by atoms with Crippen molar-refractivity contribution in [3.63, 3.8) is 0 Å². The maximum Gasteiger partial charge on any atom is 0.342 e. The number of hydrogen-bond acceptors (Lipinski definition) is 5. The van der Waals surface area contributed by atoms with E-state index in [1.807, 2.05) is 0 Å². The van der Waals surface area contributed by atoms with E-state index in [1.165, 1.54) is 16.3 Å². The van der Waals surface area contributed by atoms with Gasteiger partial charge in [-0.05, 0) is 29.8 Å². The minimum atomic E-state index is -0.441. The number of nitrogens with one attached hydrogen (secondary N) is 1. The second-order valence-corrected chi connectivity index (χ2v) is 4.26. The Labute approximate surface area is 97.2 Å². The zero-order valence-electron chi connectivity index (χ0n) is 9.34. The molecule has 1 fully saturated rings. The van der Waals surface area contributed by atoms with Crippen molar-refractivity contribution in [1.82, 2.24) is 15.0 Å². The number of rotatable bonds is 2. The molecule has 0 spiro atoms. The monoisotopic (exact) mass is 236 g/mol. The standard InChI is InChI=1S/C10H12N4O3/c1-13-8(14(15)16)5-11-10(13)9-6-3-2-4-7(6)17-12-9/h5,7,12H,2-4H2,1H3. The molecule has 0 amide bonds. The molecule has 90 valence electrons. The van der Waals surface area contributed by atoms with E-state index in [0.717, 1.165) is 25.0 Å². The van der Waals surface area contributed by atoms with Crippen LogP contribution in [0.15, 0.2) is 11.8 Å². The SMILES string of the molecule is Cn1c([N+](=O)[O-])cnc1C1=C2CCCC2ON1. The van der Waals surface area contributed by atoms with Crippen LogP contribution in [0.4, 0.5) is 5.82 Å². The van der Waals surface area contributed by atoms with E-state index in [2.05, 4.69) is 10.5 Å². The largest absolute Gasteiger partial charge is 0.358 e. The molecule has 1 aliphatic heterocycles. The molecule has 1 atom stereocenters. The van der Waals surface area contributed by atoms with Crippen LogP contribution in [0.2, 0.25) is 0 Å². The Morgan fingerprint density at radius 2 is 2.53 bits per heavy atom. The molecule has 0 saturated heterocycles. The van der Waals surface area contributed by atoms with E-state index < -0.39 is 4.92 Å². The molecule has 1 aromatic heterocycles. The van der Waals surface area contributed by atoms with Crippen molar-refractivity contribution in [2.75, 3.05) is 0 Å². The fourth-order valence-corrected chi connectivity index (χ4v) is 2.42. The van der Waals surface area contributed by atoms with Gasteiger partial charge in [0.2, 0.25) is 5.82 Å². The van der Waals surface area contributed by atoms with Crippen LogP contribution in [0, 0.1) is 10.1 Å². The highest BCUT2D eigenvalue weighted by Crippen LogP contribution is 2.36. The fourth-order valence-electron chi connectivity index (χ4n) is 2.42. The molecule has 3 rings (SSSR count). The van der Waals surface area contributed by atoms with Gasteiger partial charge in [0.1, 0.15) is 18.0 Å². The predicted octanol–water partition coefficient (Wildman–Crippen LogP) is 1.13. The van der Waals surface area contributed by atoms with Gasteiger partial charge in [-0.15, -0.1) is 0 Å². The number of hydroxylamine groups is 1. The molecule has 2 heterocycles. The lowest BCUT2D eigenvalue weighted by atomic mass is 10.1. The number of fused-ring (bicyclic) bond motifs is 1. The van der Waals surface area contributed by atoms with Crippen LogP contribution in [0.25, 0.3) is 5.70 Å². The van der Waals surface area contributed by atoms with Crippen molar-refractivity contribution in [2.45, 2.75) is 25.4 Å². The van der Waals surface area contributed by atoms with Crippen molar-refractivity contribution in [2.24, 2.45) is 7.05 Å². The van der Waals surface area contributed by atoms with Gasteiger partial charge in [-0.1, -0.05) is 0 Å². The van der Waals surface area contributed by atoms with Crippen LogP contribution < -0.4 is 5.48 Å². The van der Waals surface area contributed by atoms with E-state index in [9.17, 15) is 10.1 Å². The third-order valence-electron chi connectivity index (χ3n) is 3.30. The third kappa shape index (κ3) is 1.42. The van der Waals surface area contributed by atoms with Crippen molar-refractivity contribution in [3.05, 3.63) is 27.7 Å². The van der Waals surface area contributed by atoms with Crippen molar-refractivity contribution < 1.29 is 9.76 Å². The quantitative estimate of drug-likeness (QED) is 0.614. The van der Waals surface area contributed by atoms with Crippen LogP contribution in [0.5, 0.6) is 0 Å². The Kier molecular flexibility index (Phi) is 2.15. The van der Waals surface area contributed by atoms with Gasteiger partial charge < -0.3 is 10.1 Å². The predicted molar refractivity (Wildman–Crippen MR) is 58.6 cm³/mol. The first-order valence-electron chi connectivity index (χ1n) is 5.49. The van der Waals surface area contributed by atoms with Crippen molar-refractivity contribution in [3.8, 4) is 0 Å². The Balaban J connectivity index is 2.05. The smallest absolute Gasteiger partial charge is 0.342 e. The molecule has 7 heteroatoms. The first-order valence-corrected chi connectivity index (χ1v) is 5.49. The number of nitro groups is 1. The lowest BCUT2D eigenvalue weighted by Crippen LogP contribution is -2.13. The number of hydrogen-bond donors (Lipinski definition) is 1. The highest BCUT2D eigenvalue weighted by Gasteiger charge is 2.35. The first kappa shape index (κ1) is 10.3. The van der Waals surface area contributed by atoms with Gasteiger partial charge in [-0.3, -0.25) is 10.3 Å². The van der Waals surface area contributed by atoms with E-state index in [1.54, 1.807) is 7.05 Å². The average Bonchev–Trinajstić information content (AvgIpc) is 2.91. The normalized spacial score (nSPS) is 22.8. The molecule has 1 N–H and O–H groups in total. The van der Waals surface area contributed by atoms with Gasteiger partial charge in [-0.2, -0.15) is 0 Å². The molecule has 0 bridgehead atoms. The summed E-state index contributed by atoms with van der Waals surface area (Å²) < 4.78 is 1.47. The highest BCUT2D eigenvalue weighted by atomic mass is 16.7. The van der Waals surface area contributed by atoms with E-state index >= 15 is 0 Å². The molecule has 2 aliphatic rings. The van der Waals surface area contributed by atoms with Crippen LogP contribution >= 0.6 is 0 Å². The zero-order valence-corrected chi connectivity index (χ0v) is 9.34. The Morgan fingerprint density at radius 3 is 3.24 bits per heavy atom. The second-order valence-electron chi connectivity index (χ2n) is 4.26. The van der Waals surface area contributed by atoms with Crippen LogP contribution in [-0.4, -0.2) is 20.6 Å². The minimum Gasteiger partial charge on any atom is -0.358 e. The third-order valence-corrected chi connectivity index (χ3v) is 3.30. The number of imidazole rings is 1. The Hall–Kier alpha value is -1.89. The lowest BCUT2D eigenvalue weighted by Gasteiger charge is -2.02. The van der Waals surface area contributed by atoms with Gasteiger partial charge in [0.05, 0.1) is 7.05 Å². The number of aromatic nitrogens is 2. The molecule has 0 aromatic carbocycles. The Bertz CT molecular complexity index is 520. The van der Waals surface area contributed by atoms with E-state index in [-0.39, 0.29) is 11.9 Å². The molecule has 1 aliphatic carbocycles. The molecular weight excluding hydrogens is 224 g/mol. The topological polar surface area (TPSA) is 82.2 Å². The molecule has 0 radical (unpaired) electrons.